The molecule has 0 spiro atoms. The van der Waals surface area contributed by atoms with E-state index in [1.807, 2.05) is 32.0 Å². The summed E-state index contributed by atoms with van der Waals surface area (Å²) < 4.78 is 5.42. The first kappa shape index (κ1) is 17.5. The molecule has 0 aliphatic heterocycles. The minimum absolute atomic E-state index is 0.230. The van der Waals surface area contributed by atoms with E-state index in [1.54, 1.807) is 6.26 Å². The second-order valence-electron chi connectivity index (χ2n) is 6.85. The molecule has 1 aliphatic carbocycles. The van der Waals surface area contributed by atoms with Crippen molar-refractivity contribution in [2.75, 3.05) is 11.9 Å². The van der Waals surface area contributed by atoms with Crippen LogP contribution in [-0.2, 0) is 0 Å². The lowest BCUT2D eigenvalue weighted by atomic mass is 9.87. The molecule has 1 aromatic carbocycles. The van der Waals surface area contributed by atoms with Crippen LogP contribution in [0.5, 0.6) is 0 Å². The summed E-state index contributed by atoms with van der Waals surface area (Å²) in [7, 11) is 0. The van der Waals surface area contributed by atoms with E-state index in [4.69, 9.17) is 4.42 Å². The van der Waals surface area contributed by atoms with Crippen LogP contribution >= 0.6 is 0 Å². The highest BCUT2D eigenvalue weighted by molar-refractivity contribution is 5.90. The number of oxazole rings is 1. The van der Waals surface area contributed by atoms with Gasteiger partial charge in [0.15, 0.2) is 0 Å². The predicted octanol–water partition coefficient (Wildman–Crippen LogP) is 3.63. The maximum Gasteiger partial charge on any atom is 0.319 e. The smallest absolute Gasteiger partial charge is 0.319 e. The summed E-state index contributed by atoms with van der Waals surface area (Å²) >= 11 is 0. The molecule has 2 unspecified atom stereocenters. The minimum atomic E-state index is -0.233. The molecule has 3 N–H and O–H groups in total. The minimum Gasteiger partial charge on any atom is -0.444 e. The van der Waals surface area contributed by atoms with Gasteiger partial charge in [0, 0.05) is 17.8 Å². The zero-order valence-corrected chi connectivity index (χ0v) is 14.7. The van der Waals surface area contributed by atoms with Gasteiger partial charge in [-0.1, -0.05) is 12.5 Å². The van der Waals surface area contributed by atoms with Crippen molar-refractivity contribution in [2.45, 2.75) is 45.6 Å². The number of rotatable bonds is 4. The number of amides is 2. The zero-order chi connectivity index (χ0) is 17.8. The molecule has 6 heteroatoms. The van der Waals surface area contributed by atoms with Crippen LogP contribution in [-0.4, -0.2) is 28.8 Å². The highest BCUT2D eigenvalue weighted by atomic mass is 16.3. The molecule has 6 nitrogen and oxygen atoms in total. The van der Waals surface area contributed by atoms with E-state index in [0.29, 0.717) is 18.4 Å². The van der Waals surface area contributed by atoms with Crippen molar-refractivity contribution in [1.29, 1.82) is 0 Å². The molecule has 1 saturated carbocycles. The molecule has 2 atom stereocenters. The standard InChI is InChI=1S/C19H25N3O3/c1-12-6-7-15(18-21-13(2)11-25-18)9-17(12)22-19(24)20-10-14-4-3-5-16(23)8-14/h6-7,9,11,14,16,23H,3-5,8,10H2,1-2H3,(H2,20,22,24). The third-order valence-electron chi connectivity index (χ3n) is 4.66. The van der Waals surface area contributed by atoms with Crippen LogP contribution in [0.2, 0.25) is 0 Å². The molecule has 0 bridgehead atoms. The van der Waals surface area contributed by atoms with Crippen molar-refractivity contribution >= 4 is 11.7 Å². The average molecular weight is 343 g/mol. The number of aliphatic hydroxyl groups is 1. The molecule has 1 heterocycles. The summed E-state index contributed by atoms with van der Waals surface area (Å²) in [6.07, 6.45) is 5.08. The summed E-state index contributed by atoms with van der Waals surface area (Å²) in [6, 6.07) is 5.49. The Morgan fingerprint density at radius 1 is 1.36 bits per heavy atom. The van der Waals surface area contributed by atoms with Gasteiger partial charge >= 0.3 is 6.03 Å². The number of carbonyl (C=O) groups excluding carboxylic acids is 1. The molecule has 3 rings (SSSR count). The second kappa shape index (κ2) is 7.70. The van der Waals surface area contributed by atoms with E-state index in [-0.39, 0.29) is 12.1 Å². The molecular formula is C19H25N3O3. The molecule has 1 aromatic heterocycles. The summed E-state index contributed by atoms with van der Waals surface area (Å²) in [4.78, 5) is 16.5. The third-order valence-corrected chi connectivity index (χ3v) is 4.66. The molecule has 2 aromatic rings. The van der Waals surface area contributed by atoms with E-state index in [9.17, 15) is 9.90 Å². The number of hydrogen-bond donors (Lipinski definition) is 3. The number of carbonyl (C=O) groups is 1. The van der Waals surface area contributed by atoms with Crippen molar-refractivity contribution in [3.63, 3.8) is 0 Å². The van der Waals surface area contributed by atoms with Gasteiger partial charge in [0.1, 0.15) is 6.26 Å². The Bertz CT molecular complexity index is 741. The van der Waals surface area contributed by atoms with E-state index in [0.717, 1.165) is 48.2 Å². The first-order valence-corrected chi connectivity index (χ1v) is 8.77. The Kier molecular flexibility index (Phi) is 5.38. The van der Waals surface area contributed by atoms with Crippen LogP contribution in [0.15, 0.2) is 28.9 Å². The monoisotopic (exact) mass is 343 g/mol. The predicted molar refractivity (Wildman–Crippen MR) is 96.4 cm³/mol. The van der Waals surface area contributed by atoms with Crippen LogP contribution in [0.4, 0.5) is 10.5 Å². The fraction of sp³-hybridized carbons (Fsp3) is 0.474. The Labute approximate surface area is 147 Å². The van der Waals surface area contributed by atoms with Crippen molar-refractivity contribution < 1.29 is 14.3 Å². The van der Waals surface area contributed by atoms with Crippen molar-refractivity contribution in [1.82, 2.24) is 10.3 Å². The lowest BCUT2D eigenvalue weighted by Crippen LogP contribution is -2.35. The molecule has 1 aliphatic rings. The van der Waals surface area contributed by atoms with Gasteiger partial charge in [-0.2, -0.15) is 0 Å². The quantitative estimate of drug-likeness (QED) is 0.791. The lowest BCUT2D eigenvalue weighted by Gasteiger charge is -2.26. The molecule has 0 saturated heterocycles. The van der Waals surface area contributed by atoms with Crippen LogP contribution in [0, 0.1) is 19.8 Å². The summed E-state index contributed by atoms with van der Waals surface area (Å²) in [5.74, 6) is 0.884. The Morgan fingerprint density at radius 2 is 2.20 bits per heavy atom. The van der Waals surface area contributed by atoms with Gasteiger partial charge in [0.05, 0.1) is 11.8 Å². The maximum atomic E-state index is 12.2. The van der Waals surface area contributed by atoms with E-state index in [2.05, 4.69) is 15.6 Å². The van der Waals surface area contributed by atoms with Gasteiger partial charge < -0.3 is 20.2 Å². The van der Waals surface area contributed by atoms with E-state index >= 15 is 0 Å². The van der Waals surface area contributed by atoms with Gasteiger partial charge in [-0.25, -0.2) is 9.78 Å². The van der Waals surface area contributed by atoms with Crippen LogP contribution < -0.4 is 10.6 Å². The number of urea groups is 1. The first-order valence-electron chi connectivity index (χ1n) is 8.77. The topological polar surface area (TPSA) is 87.4 Å². The second-order valence-corrected chi connectivity index (χ2v) is 6.85. The van der Waals surface area contributed by atoms with Gasteiger partial charge in [-0.15, -0.1) is 0 Å². The van der Waals surface area contributed by atoms with Crippen molar-refractivity contribution in [2.24, 2.45) is 5.92 Å². The summed E-state index contributed by atoms with van der Waals surface area (Å²) in [5.41, 5.74) is 3.34. The van der Waals surface area contributed by atoms with Crippen molar-refractivity contribution in [3.05, 3.63) is 35.7 Å². The fourth-order valence-electron chi connectivity index (χ4n) is 3.23. The molecule has 134 valence electrons. The van der Waals surface area contributed by atoms with Crippen molar-refractivity contribution in [3.8, 4) is 11.5 Å². The van der Waals surface area contributed by atoms with Crippen LogP contribution in [0.3, 0.4) is 0 Å². The molecule has 2 amide bonds. The highest BCUT2D eigenvalue weighted by Gasteiger charge is 2.20. The molecule has 25 heavy (non-hydrogen) atoms. The Balaban J connectivity index is 1.60. The molecular weight excluding hydrogens is 318 g/mol. The van der Waals surface area contributed by atoms with Gasteiger partial charge in [-0.05, 0) is 56.7 Å². The summed E-state index contributed by atoms with van der Waals surface area (Å²) in [5, 5.41) is 15.5. The van der Waals surface area contributed by atoms with Crippen LogP contribution in [0.1, 0.15) is 36.9 Å². The third kappa shape index (κ3) is 4.60. The normalized spacial score (nSPS) is 20.3. The number of nitrogens with zero attached hydrogens (tertiary/aromatic N) is 1. The number of aromatic nitrogens is 1. The van der Waals surface area contributed by atoms with Gasteiger partial charge in [-0.3, -0.25) is 0 Å². The van der Waals surface area contributed by atoms with E-state index in [1.165, 1.54) is 0 Å². The fourth-order valence-corrected chi connectivity index (χ4v) is 3.23. The van der Waals surface area contributed by atoms with E-state index < -0.39 is 0 Å². The largest absolute Gasteiger partial charge is 0.444 e. The maximum absolute atomic E-state index is 12.2. The summed E-state index contributed by atoms with van der Waals surface area (Å²) in [6.45, 7) is 4.40. The Morgan fingerprint density at radius 3 is 2.92 bits per heavy atom. The Hall–Kier alpha value is -2.34. The number of aryl methyl sites for hydroxylation is 2. The average Bonchev–Trinajstić information content (AvgIpc) is 3.01. The SMILES string of the molecule is Cc1coc(-c2ccc(C)c(NC(=O)NCC3CCCC(O)C3)c2)n1. The number of benzene rings is 1. The number of hydrogen-bond acceptors (Lipinski definition) is 4. The van der Waals surface area contributed by atoms with Gasteiger partial charge in [0.2, 0.25) is 5.89 Å². The van der Waals surface area contributed by atoms with Gasteiger partial charge in [0.25, 0.3) is 0 Å². The lowest BCUT2D eigenvalue weighted by molar-refractivity contribution is 0.101. The number of nitrogens with one attached hydrogen (secondary N) is 2. The molecule has 1 fully saturated rings. The zero-order valence-electron chi connectivity index (χ0n) is 14.7. The first-order chi connectivity index (χ1) is 12.0. The number of aliphatic hydroxyl groups excluding tert-OH is 1. The highest BCUT2D eigenvalue weighted by Crippen LogP contribution is 2.25. The number of anilines is 1. The molecule has 0 radical (unpaired) electrons. The van der Waals surface area contributed by atoms with Crippen LogP contribution in [0.25, 0.3) is 11.5 Å².